The van der Waals surface area contributed by atoms with E-state index in [1.165, 1.54) is 19.4 Å². The smallest absolute Gasteiger partial charge is 0.343 e. The molecule has 25 heavy (non-hydrogen) atoms. The summed E-state index contributed by atoms with van der Waals surface area (Å²) in [7, 11) is 1.42. The van der Waals surface area contributed by atoms with E-state index in [0.717, 1.165) is 0 Å². The van der Waals surface area contributed by atoms with E-state index in [0.29, 0.717) is 16.9 Å². The molecule has 0 unspecified atom stereocenters. The van der Waals surface area contributed by atoms with Gasteiger partial charge in [-0.2, -0.15) is 5.10 Å². The Morgan fingerprint density at radius 1 is 1.08 bits per heavy atom. The lowest BCUT2D eigenvalue weighted by Gasteiger charge is -2.09. The molecule has 0 spiro atoms. The lowest BCUT2D eigenvalue weighted by molar-refractivity contribution is -0.137. The van der Waals surface area contributed by atoms with Crippen molar-refractivity contribution < 1.29 is 23.9 Å². The van der Waals surface area contributed by atoms with Crippen LogP contribution in [0.5, 0.6) is 11.5 Å². The first kappa shape index (κ1) is 17.7. The van der Waals surface area contributed by atoms with Gasteiger partial charge in [0.1, 0.15) is 0 Å². The molecular formula is C17H15N3O5. The number of hydrogen-bond acceptors (Lipinski definition) is 6. The zero-order chi connectivity index (χ0) is 18.2. The van der Waals surface area contributed by atoms with Crippen LogP contribution in [0.2, 0.25) is 0 Å². The van der Waals surface area contributed by atoms with Crippen LogP contribution in [-0.2, 0) is 9.59 Å². The number of esters is 1. The van der Waals surface area contributed by atoms with Crippen molar-refractivity contribution in [2.75, 3.05) is 7.11 Å². The quantitative estimate of drug-likeness (QED) is 0.275. The molecule has 0 saturated carbocycles. The van der Waals surface area contributed by atoms with Gasteiger partial charge in [-0.3, -0.25) is 9.59 Å². The molecule has 2 rings (SSSR count). The van der Waals surface area contributed by atoms with E-state index in [-0.39, 0.29) is 5.75 Å². The van der Waals surface area contributed by atoms with Gasteiger partial charge >= 0.3 is 17.8 Å². The lowest BCUT2D eigenvalue weighted by Crippen LogP contribution is -2.32. The molecule has 0 aromatic heterocycles. The maximum atomic E-state index is 12.1. The van der Waals surface area contributed by atoms with Crippen LogP contribution in [0.4, 0.5) is 0 Å². The van der Waals surface area contributed by atoms with E-state index in [1.807, 2.05) is 5.43 Å². The summed E-state index contributed by atoms with van der Waals surface area (Å²) in [6.07, 6.45) is 1.28. The second kappa shape index (κ2) is 8.25. The molecule has 128 valence electrons. The molecule has 2 aromatic rings. The molecule has 8 heteroatoms. The molecule has 0 aliphatic carbocycles. The largest absolute Gasteiger partial charge is 0.493 e. The summed E-state index contributed by atoms with van der Waals surface area (Å²) in [4.78, 5) is 33.6. The van der Waals surface area contributed by atoms with Crippen molar-refractivity contribution in [1.82, 2.24) is 5.43 Å². The minimum atomic E-state index is -1.14. The number of ether oxygens (including phenoxy) is 2. The van der Waals surface area contributed by atoms with Crippen LogP contribution in [0, 0.1) is 0 Å². The van der Waals surface area contributed by atoms with Crippen LogP contribution >= 0.6 is 0 Å². The monoisotopic (exact) mass is 341 g/mol. The number of primary amides is 1. The molecule has 8 nitrogen and oxygen atoms in total. The Kier molecular flexibility index (Phi) is 5.83. The average molecular weight is 341 g/mol. The number of carbonyl (C=O) groups excluding carboxylic acids is 3. The number of methoxy groups -OCH3 is 1. The topological polar surface area (TPSA) is 120 Å². The minimum Gasteiger partial charge on any atom is -0.493 e. The fourth-order valence-corrected chi connectivity index (χ4v) is 1.80. The van der Waals surface area contributed by atoms with Crippen LogP contribution in [0.25, 0.3) is 0 Å². The second-order valence-corrected chi connectivity index (χ2v) is 4.73. The third-order valence-electron chi connectivity index (χ3n) is 3.00. The highest BCUT2D eigenvalue weighted by Crippen LogP contribution is 2.28. The van der Waals surface area contributed by atoms with Crippen molar-refractivity contribution in [2.45, 2.75) is 0 Å². The fraction of sp³-hybridized carbons (Fsp3) is 0.0588. The van der Waals surface area contributed by atoms with Gasteiger partial charge in [0.05, 0.1) is 18.9 Å². The number of nitrogens with two attached hydrogens (primary N) is 1. The van der Waals surface area contributed by atoms with Crippen molar-refractivity contribution in [3.05, 3.63) is 59.7 Å². The van der Waals surface area contributed by atoms with Gasteiger partial charge in [-0.25, -0.2) is 10.2 Å². The zero-order valence-electron chi connectivity index (χ0n) is 13.3. The predicted molar refractivity (Wildman–Crippen MR) is 89.3 cm³/mol. The van der Waals surface area contributed by atoms with E-state index in [2.05, 4.69) is 5.10 Å². The molecule has 0 atom stereocenters. The number of nitrogens with zero attached hydrogens (tertiary/aromatic N) is 1. The van der Waals surface area contributed by atoms with Gasteiger partial charge < -0.3 is 15.2 Å². The second-order valence-electron chi connectivity index (χ2n) is 4.73. The van der Waals surface area contributed by atoms with Crippen LogP contribution in [-0.4, -0.2) is 31.1 Å². The number of benzene rings is 2. The Balaban J connectivity index is 2.11. The number of rotatable bonds is 5. The van der Waals surface area contributed by atoms with Gasteiger partial charge in [-0.1, -0.05) is 18.2 Å². The molecule has 2 aromatic carbocycles. The van der Waals surface area contributed by atoms with Crippen LogP contribution in [0.3, 0.4) is 0 Å². The lowest BCUT2D eigenvalue weighted by atomic mass is 10.2. The molecule has 0 radical (unpaired) electrons. The summed E-state index contributed by atoms with van der Waals surface area (Å²) in [5.41, 5.74) is 7.70. The van der Waals surface area contributed by atoms with Gasteiger partial charge in [0, 0.05) is 0 Å². The van der Waals surface area contributed by atoms with Crippen molar-refractivity contribution in [1.29, 1.82) is 0 Å². The number of nitrogens with one attached hydrogen (secondary N) is 1. The summed E-state index contributed by atoms with van der Waals surface area (Å²) >= 11 is 0. The third-order valence-corrected chi connectivity index (χ3v) is 3.00. The Bertz CT molecular complexity index is 818. The highest BCUT2D eigenvalue weighted by molar-refractivity contribution is 6.34. The Labute approximate surface area is 143 Å². The summed E-state index contributed by atoms with van der Waals surface area (Å²) in [5.74, 6) is -2.16. The van der Waals surface area contributed by atoms with E-state index in [1.54, 1.807) is 42.5 Å². The Morgan fingerprint density at radius 2 is 1.80 bits per heavy atom. The van der Waals surface area contributed by atoms with Gasteiger partial charge in [-0.05, 0) is 35.9 Å². The van der Waals surface area contributed by atoms with E-state index in [9.17, 15) is 14.4 Å². The highest BCUT2D eigenvalue weighted by Gasteiger charge is 2.12. The van der Waals surface area contributed by atoms with Gasteiger partial charge in [0.15, 0.2) is 11.5 Å². The maximum Gasteiger partial charge on any atom is 0.343 e. The van der Waals surface area contributed by atoms with E-state index >= 15 is 0 Å². The normalized spacial score (nSPS) is 10.3. The number of carbonyl (C=O) groups is 3. The Hall–Kier alpha value is -3.68. The Morgan fingerprint density at radius 3 is 2.44 bits per heavy atom. The summed E-state index contributed by atoms with van der Waals surface area (Å²) < 4.78 is 10.5. The first-order chi connectivity index (χ1) is 12.0. The molecule has 0 heterocycles. The van der Waals surface area contributed by atoms with Gasteiger partial charge in [-0.15, -0.1) is 0 Å². The SMILES string of the molecule is COc1cc(/C=N\NC(=O)C(N)=O)ccc1OC(=O)c1ccccc1. The van der Waals surface area contributed by atoms with Crippen LogP contribution in [0.1, 0.15) is 15.9 Å². The van der Waals surface area contributed by atoms with Gasteiger partial charge in [0.25, 0.3) is 0 Å². The molecule has 0 aliphatic rings. The summed E-state index contributed by atoms with van der Waals surface area (Å²) in [6, 6.07) is 13.2. The molecule has 0 saturated heterocycles. The summed E-state index contributed by atoms with van der Waals surface area (Å²) in [5, 5.41) is 3.59. The van der Waals surface area contributed by atoms with E-state index in [4.69, 9.17) is 15.2 Å². The zero-order valence-corrected chi connectivity index (χ0v) is 13.3. The van der Waals surface area contributed by atoms with Gasteiger partial charge in [0.2, 0.25) is 0 Å². The molecular weight excluding hydrogens is 326 g/mol. The fourth-order valence-electron chi connectivity index (χ4n) is 1.80. The third kappa shape index (κ3) is 4.90. The molecule has 2 amide bonds. The molecule has 0 fully saturated rings. The standard InChI is InChI=1S/C17H15N3O5/c1-24-14-9-11(10-19-20-16(22)15(18)21)7-8-13(14)25-17(23)12-5-3-2-4-6-12/h2-10H,1H3,(H2,18,21)(H,20,22)/b19-10-. The van der Waals surface area contributed by atoms with Crippen LogP contribution in [0.15, 0.2) is 53.6 Å². The number of amides is 2. The van der Waals surface area contributed by atoms with Crippen molar-refractivity contribution in [3.63, 3.8) is 0 Å². The first-order valence-electron chi connectivity index (χ1n) is 7.09. The highest BCUT2D eigenvalue weighted by atomic mass is 16.6. The van der Waals surface area contributed by atoms with E-state index < -0.39 is 17.8 Å². The van der Waals surface area contributed by atoms with Crippen LogP contribution < -0.4 is 20.6 Å². The minimum absolute atomic E-state index is 0.231. The molecule has 0 aliphatic heterocycles. The first-order valence-corrected chi connectivity index (χ1v) is 7.09. The van der Waals surface area contributed by atoms with Crippen molar-refractivity contribution >= 4 is 24.0 Å². The van der Waals surface area contributed by atoms with Crippen molar-refractivity contribution in [3.8, 4) is 11.5 Å². The predicted octanol–water partition coefficient (Wildman–Crippen LogP) is 0.850. The molecule has 0 bridgehead atoms. The maximum absolute atomic E-state index is 12.1. The number of hydrazone groups is 1. The average Bonchev–Trinajstić information content (AvgIpc) is 2.63. The molecule has 3 N–H and O–H groups in total. The van der Waals surface area contributed by atoms with Crippen molar-refractivity contribution in [2.24, 2.45) is 10.8 Å². The summed E-state index contributed by atoms with van der Waals surface area (Å²) in [6.45, 7) is 0. The number of hydrogen-bond donors (Lipinski definition) is 2.